The minimum atomic E-state index is -0.331. The number of rotatable bonds is 2. The van der Waals surface area contributed by atoms with Gasteiger partial charge in [0.1, 0.15) is 11.5 Å². The van der Waals surface area contributed by atoms with Crippen molar-refractivity contribution in [3.05, 3.63) is 46.2 Å². The van der Waals surface area contributed by atoms with Gasteiger partial charge < -0.3 is 5.32 Å². The fraction of sp³-hybridized carbons (Fsp3) is 0.0909. The SMILES string of the molecule is Cc1scnc1C(=O)Nc1ccc(F)cc1. The van der Waals surface area contributed by atoms with Gasteiger partial charge in [0, 0.05) is 10.6 Å². The Balaban J connectivity index is 2.14. The predicted octanol–water partition coefficient (Wildman–Crippen LogP) is 2.84. The molecule has 0 fully saturated rings. The molecule has 0 saturated heterocycles. The molecule has 1 aromatic carbocycles. The van der Waals surface area contributed by atoms with E-state index in [1.807, 2.05) is 6.92 Å². The Hall–Kier alpha value is -1.75. The molecule has 1 heterocycles. The quantitative estimate of drug-likeness (QED) is 0.871. The van der Waals surface area contributed by atoms with Crippen LogP contribution in [0, 0.1) is 12.7 Å². The van der Waals surface area contributed by atoms with Crippen LogP contribution in [0.15, 0.2) is 29.8 Å². The molecule has 0 aliphatic carbocycles. The Bertz CT molecular complexity index is 507. The number of nitrogens with one attached hydrogen (secondary N) is 1. The second kappa shape index (κ2) is 4.40. The maximum Gasteiger partial charge on any atom is 0.275 e. The molecule has 0 aliphatic heterocycles. The van der Waals surface area contributed by atoms with E-state index in [4.69, 9.17) is 0 Å². The van der Waals surface area contributed by atoms with Gasteiger partial charge in [0.25, 0.3) is 5.91 Å². The zero-order chi connectivity index (χ0) is 11.5. The van der Waals surface area contributed by atoms with Gasteiger partial charge >= 0.3 is 0 Å². The van der Waals surface area contributed by atoms with Crippen molar-refractivity contribution >= 4 is 22.9 Å². The number of anilines is 1. The molecule has 0 unspecified atom stereocenters. The van der Waals surface area contributed by atoms with Crippen LogP contribution in [-0.2, 0) is 0 Å². The number of amides is 1. The van der Waals surface area contributed by atoms with Crippen molar-refractivity contribution in [1.29, 1.82) is 0 Å². The number of aromatic nitrogens is 1. The van der Waals surface area contributed by atoms with E-state index in [1.54, 1.807) is 5.51 Å². The number of nitrogens with zero attached hydrogens (tertiary/aromatic N) is 1. The zero-order valence-electron chi connectivity index (χ0n) is 8.53. The number of hydrogen-bond donors (Lipinski definition) is 1. The fourth-order valence-electron chi connectivity index (χ4n) is 1.25. The van der Waals surface area contributed by atoms with Crippen LogP contribution in [0.3, 0.4) is 0 Å². The summed E-state index contributed by atoms with van der Waals surface area (Å²) in [5.41, 5.74) is 2.59. The van der Waals surface area contributed by atoms with Crippen LogP contribution in [0.25, 0.3) is 0 Å². The molecule has 1 N–H and O–H groups in total. The van der Waals surface area contributed by atoms with E-state index >= 15 is 0 Å². The first-order valence-corrected chi connectivity index (χ1v) is 5.52. The number of aryl methyl sites for hydroxylation is 1. The van der Waals surface area contributed by atoms with Crippen LogP contribution in [-0.4, -0.2) is 10.9 Å². The molecule has 0 atom stereocenters. The molecule has 0 saturated carbocycles. The van der Waals surface area contributed by atoms with E-state index in [1.165, 1.54) is 35.6 Å². The minimum absolute atomic E-state index is 0.273. The Morgan fingerprint density at radius 2 is 2.06 bits per heavy atom. The average Bonchev–Trinajstić information content (AvgIpc) is 2.68. The summed E-state index contributed by atoms with van der Waals surface area (Å²) in [5.74, 6) is -0.604. The number of thiazole rings is 1. The largest absolute Gasteiger partial charge is 0.321 e. The number of carbonyl (C=O) groups is 1. The van der Waals surface area contributed by atoms with Gasteiger partial charge in [-0.25, -0.2) is 9.37 Å². The zero-order valence-corrected chi connectivity index (χ0v) is 9.34. The smallest absolute Gasteiger partial charge is 0.275 e. The Morgan fingerprint density at radius 3 is 2.62 bits per heavy atom. The molecule has 2 rings (SSSR count). The number of carbonyl (C=O) groups excluding carboxylic acids is 1. The standard InChI is InChI=1S/C11H9FN2OS/c1-7-10(13-6-16-7)11(15)14-9-4-2-8(12)3-5-9/h2-6H,1H3,(H,14,15). The molecule has 3 nitrogen and oxygen atoms in total. The normalized spacial score (nSPS) is 10.1. The maximum atomic E-state index is 12.6. The van der Waals surface area contributed by atoms with Gasteiger partial charge in [-0.15, -0.1) is 11.3 Å². The van der Waals surface area contributed by atoms with Crippen molar-refractivity contribution in [2.24, 2.45) is 0 Å². The lowest BCUT2D eigenvalue weighted by molar-refractivity contribution is 0.102. The van der Waals surface area contributed by atoms with Gasteiger partial charge in [-0.3, -0.25) is 4.79 Å². The highest BCUT2D eigenvalue weighted by molar-refractivity contribution is 7.09. The summed E-state index contributed by atoms with van der Waals surface area (Å²) in [6, 6.07) is 5.61. The van der Waals surface area contributed by atoms with Crippen LogP contribution in [0.2, 0.25) is 0 Å². The van der Waals surface area contributed by atoms with Crippen molar-refractivity contribution in [3.8, 4) is 0 Å². The van der Waals surface area contributed by atoms with E-state index in [2.05, 4.69) is 10.3 Å². The van der Waals surface area contributed by atoms with Crippen LogP contribution < -0.4 is 5.32 Å². The molecule has 1 amide bonds. The summed E-state index contributed by atoms with van der Waals surface area (Å²) in [4.78, 5) is 16.5. The van der Waals surface area contributed by atoms with E-state index < -0.39 is 0 Å². The summed E-state index contributed by atoms with van der Waals surface area (Å²) in [6.07, 6.45) is 0. The number of benzene rings is 1. The van der Waals surface area contributed by atoms with E-state index in [0.29, 0.717) is 11.4 Å². The molecule has 2 aromatic rings. The van der Waals surface area contributed by atoms with E-state index in [0.717, 1.165) is 4.88 Å². The molecule has 0 bridgehead atoms. The van der Waals surface area contributed by atoms with Crippen molar-refractivity contribution < 1.29 is 9.18 Å². The maximum absolute atomic E-state index is 12.6. The van der Waals surface area contributed by atoms with Crippen molar-refractivity contribution in [1.82, 2.24) is 4.98 Å². The highest BCUT2D eigenvalue weighted by Gasteiger charge is 2.11. The number of halogens is 1. The van der Waals surface area contributed by atoms with Gasteiger partial charge in [0.15, 0.2) is 0 Å². The highest BCUT2D eigenvalue weighted by atomic mass is 32.1. The summed E-state index contributed by atoms with van der Waals surface area (Å²) < 4.78 is 12.6. The van der Waals surface area contributed by atoms with Gasteiger partial charge in [0.05, 0.1) is 5.51 Å². The predicted molar refractivity (Wildman–Crippen MR) is 61.2 cm³/mol. The molecule has 0 aliphatic rings. The van der Waals surface area contributed by atoms with Crippen molar-refractivity contribution in [2.75, 3.05) is 5.32 Å². The molecule has 0 spiro atoms. The molecule has 82 valence electrons. The molecule has 1 aromatic heterocycles. The molecular formula is C11H9FN2OS. The van der Waals surface area contributed by atoms with Crippen LogP contribution >= 0.6 is 11.3 Å². The van der Waals surface area contributed by atoms with Gasteiger partial charge in [-0.2, -0.15) is 0 Å². The van der Waals surface area contributed by atoms with Gasteiger partial charge in [-0.1, -0.05) is 0 Å². The molecule has 16 heavy (non-hydrogen) atoms. The third kappa shape index (κ3) is 2.25. The molecular weight excluding hydrogens is 227 g/mol. The lowest BCUT2D eigenvalue weighted by Crippen LogP contribution is -2.13. The van der Waals surface area contributed by atoms with Crippen molar-refractivity contribution in [2.45, 2.75) is 6.92 Å². The molecule has 0 radical (unpaired) electrons. The van der Waals surface area contributed by atoms with Gasteiger partial charge in [-0.05, 0) is 31.2 Å². The van der Waals surface area contributed by atoms with Crippen molar-refractivity contribution in [3.63, 3.8) is 0 Å². The summed E-state index contributed by atoms with van der Waals surface area (Å²) in [7, 11) is 0. The summed E-state index contributed by atoms with van der Waals surface area (Å²) in [6.45, 7) is 1.83. The Kier molecular flexibility index (Phi) is 2.96. The average molecular weight is 236 g/mol. The van der Waals surface area contributed by atoms with Gasteiger partial charge in [0.2, 0.25) is 0 Å². The van der Waals surface area contributed by atoms with Crippen LogP contribution in [0.4, 0.5) is 10.1 Å². The summed E-state index contributed by atoms with van der Waals surface area (Å²) >= 11 is 1.41. The second-order valence-electron chi connectivity index (χ2n) is 3.22. The first kappa shape index (κ1) is 10.8. The third-order valence-electron chi connectivity index (χ3n) is 2.06. The first-order chi connectivity index (χ1) is 7.66. The Morgan fingerprint density at radius 1 is 1.38 bits per heavy atom. The third-order valence-corrected chi connectivity index (χ3v) is 2.82. The topological polar surface area (TPSA) is 42.0 Å². The second-order valence-corrected chi connectivity index (χ2v) is 4.28. The molecule has 5 heteroatoms. The monoisotopic (exact) mass is 236 g/mol. The fourth-order valence-corrected chi connectivity index (χ4v) is 1.82. The highest BCUT2D eigenvalue weighted by Crippen LogP contribution is 2.14. The lowest BCUT2D eigenvalue weighted by Gasteiger charge is -2.03. The number of hydrogen-bond acceptors (Lipinski definition) is 3. The van der Waals surface area contributed by atoms with Crippen LogP contribution in [0.5, 0.6) is 0 Å². The lowest BCUT2D eigenvalue weighted by atomic mass is 10.3. The van der Waals surface area contributed by atoms with E-state index in [9.17, 15) is 9.18 Å². The van der Waals surface area contributed by atoms with E-state index in [-0.39, 0.29) is 11.7 Å². The Labute approximate surface area is 96.0 Å². The minimum Gasteiger partial charge on any atom is -0.321 e. The van der Waals surface area contributed by atoms with Crippen LogP contribution in [0.1, 0.15) is 15.4 Å². The first-order valence-electron chi connectivity index (χ1n) is 4.64. The summed E-state index contributed by atoms with van der Waals surface area (Å²) in [5, 5.41) is 2.65.